The molecule has 2 heterocycles. The predicted octanol–water partition coefficient (Wildman–Crippen LogP) is 3.94. The van der Waals surface area contributed by atoms with Crippen molar-refractivity contribution < 1.29 is 17.6 Å². The monoisotopic (exact) mass is 468 g/mol. The summed E-state index contributed by atoms with van der Waals surface area (Å²) in [6.45, 7) is 3.02. The minimum atomic E-state index is -4.04. The number of likely N-dealkylation sites (tertiary alicyclic amines) is 1. The van der Waals surface area contributed by atoms with Crippen molar-refractivity contribution in [1.82, 2.24) is 9.88 Å². The molecule has 7 nitrogen and oxygen atoms in total. The number of carbonyl (C=O) groups excluding carboxylic acids is 1. The van der Waals surface area contributed by atoms with Crippen LogP contribution in [0.1, 0.15) is 40.2 Å². The van der Waals surface area contributed by atoms with E-state index in [4.69, 9.17) is 5.14 Å². The van der Waals surface area contributed by atoms with E-state index in [1.54, 1.807) is 17.0 Å². The highest BCUT2D eigenvalue weighted by atomic mass is 32.2. The number of hydrogen-bond acceptors (Lipinski definition) is 5. The molecule has 3 N–H and O–H groups in total. The standard InChI is InChI=1S/C24H25FN4O3S/c1-16-2-8-20(9-3-16)28-22-14-23(33(26,31)32)27-15-21(22)24(30)29-12-10-18(11-13-29)17-4-6-19(25)7-5-17/h2-9,14-15,18H,10-13H2,1H3,(H,27,28)(H2,26,31,32). The maximum absolute atomic E-state index is 13.3. The number of nitrogens with one attached hydrogen (secondary N) is 1. The van der Waals surface area contributed by atoms with E-state index in [2.05, 4.69) is 10.3 Å². The fourth-order valence-corrected chi connectivity index (χ4v) is 4.46. The normalized spacial score (nSPS) is 14.8. The fourth-order valence-electron chi connectivity index (χ4n) is 3.98. The van der Waals surface area contributed by atoms with Crippen molar-refractivity contribution in [3.8, 4) is 0 Å². The number of halogens is 1. The van der Waals surface area contributed by atoms with Gasteiger partial charge in [0.25, 0.3) is 15.9 Å². The molecule has 0 saturated carbocycles. The molecule has 1 aliphatic rings. The molecular weight excluding hydrogens is 443 g/mol. The number of sulfonamides is 1. The minimum absolute atomic E-state index is 0.240. The third-order valence-electron chi connectivity index (χ3n) is 5.85. The van der Waals surface area contributed by atoms with Crippen LogP contribution in [0.25, 0.3) is 0 Å². The molecule has 1 fully saturated rings. The van der Waals surface area contributed by atoms with Crippen molar-refractivity contribution >= 4 is 27.3 Å². The van der Waals surface area contributed by atoms with Gasteiger partial charge in [-0.3, -0.25) is 4.79 Å². The van der Waals surface area contributed by atoms with Gasteiger partial charge >= 0.3 is 0 Å². The van der Waals surface area contributed by atoms with Gasteiger partial charge in [0.2, 0.25) is 0 Å². The van der Waals surface area contributed by atoms with E-state index < -0.39 is 10.0 Å². The van der Waals surface area contributed by atoms with Crippen molar-refractivity contribution in [2.24, 2.45) is 5.14 Å². The Bertz CT molecular complexity index is 1250. The van der Waals surface area contributed by atoms with Crippen LogP contribution in [-0.4, -0.2) is 37.3 Å². The summed E-state index contributed by atoms with van der Waals surface area (Å²) in [6, 6.07) is 15.3. The maximum atomic E-state index is 13.3. The third kappa shape index (κ3) is 5.37. The lowest BCUT2D eigenvalue weighted by molar-refractivity contribution is 0.0713. The molecule has 0 spiro atoms. The number of hydrogen-bond donors (Lipinski definition) is 2. The highest BCUT2D eigenvalue weighted by Crippen LogP contribution is 2.30. The first-order chi connectivity index (χ1) is 15.7. The number of primary sulfonamides is 1. The fraction of sp³-hybridized carbons (Fsp3) is 0.250. The molecule has 1 aromatic heterocycles. The molecule has 0 unspecified atom stereocenters. The first-order valence-corrected chi connectivity index (χ1v) is 12.2. The van der Waals surface area contributed by atoms with Crippen molar-refractivity contribution in [2.75, 3.05) is 18.4 Å². The molecule has 2 aromatic carbocycles. The molecule has 1 aliphatic heterocycles. The smallest absolute Gasteiger partial charge is 0.257 e. The van der Waals surface area contributed by atoms with Crippen molar-refractivity contribution in [3.63, 3.8) is 0 Å². The van der Waals surface area contributed by atoms with Gasteiger partial charge < -0.3 is 10.2 Å². The van der Waals surface area contributed by atoms with Crippen molar-refractivity contribution in [3.05, 3.63) is 83.3 Å². The summed E-state index contributed by atoms with van der Waals surface area (Å²) in [4.78, 5) is 19.0. The average molecular weight is 469 g/mol. The second kappa shape index (κ2) is 9.29. The van der Waals surface area contributed by atoms with E-state index in [1.165, 1.54) is 24.4 Å². The summed E-state index contributed by atoms with van der Waals surface area (Å²) < 4.78 is 36.9. The molecule has 1 amide bonds. The number of aryl methyl sites for hydroxylation is 1. The number of nitrogens with zero attached hydrogens (tertiary/aromatic N) is 2. The van der Waals surface area contributed by atoms with Gasteiger partial charge in [0.15, 0.2) is 5.03 Å². The zero-order chi connectivity index (χ0) is 23.6. The average Bonchev–Trinajstić information content (AvgIpc) is 2.80. The molecular formula is C24H25FN4O3S. The largest absolute Gasteiger partial charge is 0.355 e. The Morgan fingerprint density at radius 1 is 1.09 bits per heavy atom. The summed E-state index contributed by atoms with van der Waals surface area (Å²) in [7, 11) is -4.04. The molecule has 9 heteroatoms. The van der Waals surface area contributed by atoms with Crippen LogP contribution >= 0.6 is 0 Å². The van der Waals surface area contributed by atoms with Crippen LogP contribution in [0.4, 0.5) is 15.8 Å². The number of carbonyl (C=O) groups is 1. The second-order valence-electron chi connectivity index (χ2n) is 8.22. The van der Waals surface area contributed by atoms with E-state index in [1.807, 2.05) is 31.2 Å². The SMILES string of the molecule is Cc1ccc(Nc2cc(S(N)(=O)=O)ncc2C(=O)N2CCC(c3ccc(F)cc3)CC2)cc1. The molecule has 0 aliphatic carbocycles. The van der Waals surface area contributed by atoms with E-state index in [-0.39, 0.29) is 28.2 Å². The second-order valence-corrected chi connectivity index (χ2v) is 9.73. The first kappa shape index (κ1) is 22.9. The van der Waals surface area contributed by atoms with Crippen molar-refractivity contribution in [1.29, 1.82) is 0 Å². The number of benzene rings is 2. The van der Waals surface area contributed by atoms with Crippen LogP contribution in [0.2, 0.25) is 0 Å². The van der Waals surface area contributed by atoms with Gasteiger partial charge in [-0.25, -0.2) is 22.9 Å². The number of pyridine rings is 1. The molecule has 4 rings (SSSR count). The highest BCUT2D eigenvalue weighted by Gasteiger charge is 2.27. The van der Waals surface area contributed by atoms with Crippen LogP contribution < -0.4 is 10.5 Å². The van der Waals surface area contributed by atoms with E-state index in [0.29, 0.717) is 24.5 Å². The van der Waals surface area contributed by atoms with Gasteiger partial charge in [-0.1, -0.05) is 29.8 Å². The summed E-state index contributed by atoms with van der Waals surface area (Å²) in [5, 5.41) is 8.06. The summed E-state index contributed by atoms with van der Waals surface area (Å²) >= 11 is 0. The highest BCUT2D eigenvalue weighted by molar-refractivity contribution is 7.89. The van der Waals surface area contributed by atoms with Crippen LogP contribution in [0, 0.1) is 12.7 Å². The van der Waals surface area contributed by atoms with Crippen LogP contribution in [-0.2, 0) is 10.0 Å². The number of amides is 1. The number of rotatable bonds is 5. The zero-order valence-electron chi connectivity index (χ0n) is 18.2. The van der Waals surface area contributed by atoms with Gasteiger partial charge in [-0.2, -0.15) is 0 Å². The van der Waals surface area contributed by atoms with Crippen LogP contribution in [0.3, 0.4) is 0 Å². The quantitative estimate of drug-likeness (QED) is 0.590. The maximum Gasteiger partial charge on any atom is 0.257 e. The van der Waals surface area contributed by atoms with Gasteiger partial charge in [-0.05, 0) is 55.5 Å². The Morgan fingerprint density at radius 3 is 2.33 bits per heavy atom. The molecule has 0 atom stereocenters. The lowest BCUT2D eigenvalue weighted by Gasteiger charge is -2.32. The lowest BCUT2D eigenvalue weighted by atomic mass is 9.89. The summed E-state index contributed by atoms with van der Waals surface area (Å²) in [6.07, 6.45) is 2.76. The Labute approximate surface area is 192 Å². The van der Waals surface area contributed by atoms with Crippen molar-refractivity contribution in [2.45, 2.75) is 30.7 Å². The van der Waals surface area contributed by atoms with E-state index >= 15 is 0 Å². The number of anilines is 2. The molecule has 3 aromatic rings. The van der Waals surface area contributed by atoms with Gasteiger partial charge in [-0.15, -0.1) is 0 Å². The Kier molecular flexibility index (Phi) is 6.44. The van der Waals surface area contributed by atoms with Crippen LogP contribution in [0.15, 0.2) is 65.8 Å². The molecule has 1 saturated heterocycles. The van der Waals surface area contributed by atoms with Crippen LogP contribution in [0.5, 0.6) is 0 Å². The molecule has 0 bridgehead atoms. The Hall–Kier alpha value is -3.30. The third-order valence-corrected chi connectivity index (χ3v) is 6.66. The lowest BCUT2D eigenvalue weighted by Crippen LogP contribution is -2.38. The topological polar surface area (TPSA) is 105 Å². The Balaban J connectivity index is 1.56. The van der Waals surface area contributed by atoms with Gasteiger partial charge in [0, 0.05) is 31.0 Å². The first-order valence-electron chi connectivity index (χ1n) is 10.6. The Morgan fingerprint density at radius 2 is 1.73 bits per heavy atom. The number of nitrogens with two attached hydrogens (primary N) is 1. The molecule has 33 heavy (non-hydrogen) atoms. The number of piperidine rings is 1. The predicted molar refractivity (Wildman–Crippen MR) is 124 cm³/mol. The number of aromatic nitrogens is 1. The zero-order valence-corrected chi connectivity index (χ0v) is 19.0. The van der Waals surface area contributed by atoms with E-state index in [9.17, 15) is 17.6 Å². The van der Waals surface area contributed by atoms with Gasteiger partial charge in [0.1, 0.15) is 5.82 Å². The summed E-state index contributed by atoms with van der Waals surface area (Å²) in [5.41, 5.74) is 3.42. The van der Waals surface area contributed by atoms with E-state index in [0.717, 1.165) is 24.0 Å². The minimum Gasteiger partial charge on any atom is -0.355 e. The van der Waals surface area contributed by atoms with Gasteiger partial charge in [0.05, 0.1) is 11.3 Å². The molecule has 0 radical (unpaired) electrons. The summed E-state index contributed by atoms with van der Waals surface area (Å²) in [5.74, 6) is -0.256. The molecule has 172 valence electrons.